The molecule has 4 rings (SSSR count). The lowest BCUT2D eigenvalue weighted by molar-refractivity contribution is 0.184. The molecular weight excluding hydrogens is 491 g/mol. The second-order valence-corrected chi connectivity index (χ2v) is 8.15. The quantitative estimate of drug-likeness (QED) is 0.291. The van der Waals surface area contributed by atoms with Gasteiger partial charge in [-0.2, -0.15) is 5.10 Å². The van der Waals surface area contributed by atoms with E-state index in [1.165, 1.54) is 14.2 Å². The van der Waals surface area contributed by atoms with Gasteiger partial charge in [0.1, 0.15) is 17.2 Å². The smallest absolute Gasteiger partial charge is 0.180 e. The molecule has 0 unspecified atom stereocenters. The average Bonchev–Trinajstić information content (AvgIpc) is 3.28. The van der Waals surface area contributed by atoms with Gasteiger partial charge in [0.15, 0.2) is 5.82 Å². The Labute approximate surface area is 212 Å². The van der Waals surface area contributed by atoms with E-state index in [9.17, 15) is 0 Å². The van der Waals surface area contributed by atoms with Crippen molar-refractivity contribution in [2.75, 3.05) is 39.8 Å². The normalized spacial score (nSPS) is 11.0. The van der Waals surface area contributed by atoms with Crippen molar-refractivity contribution in [2.24, 2.45) is 0 Å². The van der Waals surface area contributed by atoms with Crippen LogP contribution >= 0.6 is 23.2 Å². The SMILES string of the molecule is C=CCNc1cnn(CCOC)c1-c1ncc2cc(-c3c(Cl)c(OC)cc(OC)c3Cl)ncc2n1. The molecule has 0 atom stereocenters. The van der Waals surface area contributed by atoms with Crippen molar-refractivity contribution in [3.8, 4) is 34.3 Å². The molecule has 3 aromatic heterocycles. The highest BCUT2D eigenvalue weighted by atomic mass is 35.5. The lowest BCUT2D eigenvalue weighted by Crippen LogP contribution is -2.10. The summed E-state index contributed by atoms with van der Waals surface area (Å²) in [4.78, 5) is 13.9. The molecule has 182 valence electrons. The number of anilines is 1. The largest absolute Gasteiger partial charge is 0.495 e. The summed E-state index contributed by atoms with van der Waals surface area (Å²) in [6.07, 6.45) is 6.89. The fourth-order valence-corrected chi connectivity index (χ4v) is 4.27. The number of aromatic nitrogens is 5. The molecule has 0 radical (unpaired) electrons. The van der Waals surface area contributed by atoms with Crippen LogP contribution in [-0.2, 0) is 11.3 Å². The van der Waals surface area contributed by atoms with Crippen LogP contribution < -0.4 is 14.8 Å². The zero-order valence-corrected chi connectivity index (χ0v) is 21.0. The molecular formula is C24H24Cl2N6O3. The number of pyridine rings is 1. The lowest BCUT2D eigenvalue weighted by atomic mass is 10.1. The minimum Gasteiger partial charge on any atom is -0.495 e. The molecule has 0 aliphatic carbocycles. The standard InChI is InChI=1S/C24H24Cl2N6O3/c1-5-6-27-17-13-30-32(7-8-33-2)23(17)24-29-11-14-9-15(28-12-16(14)31-24)20-21(25)18(34-3)10-19(35-4)22(20)26/h5,9-13,27H,1,6-8H2,2-4H3. The molecule has 35 heavy (non-hydrogen) atoms. The first-order valence-corrected chi connectivity index (χ1v) is 11.4. The Morgan fingerprint density at radius 1 is 1.03 bits per heavy atom. The minimum absolute atomic E-state index is 0.336. The maximum absolute atomic E-state index is 6.57. The van der Waals surface area contributed by atoms with Crippen molar-refractivity contribution in [2.45, 2.75) is 6.54 Å². The van der Waals surface area contributed by atoms with Gasteiger partial charge in [0.05, 0.1) is 66.7 Å². The van der Waals surface area contributed by atoms with Crippen molar-refractivity contribution in [3.63, 3.8) is 0 Å². The van der Waals surface area contributed by atoms with Crippen molar-refractivity contribution < 1.29 is 14.2 Å². The number of hydrogen-bond donors (Lipinski definition) is 1. The molecule has 1 N–H and O–H groups in total. The van der Waals surface area contributed by atoms with Crippen LogP contribution in [0.15, 0.2) is 43.4 Å². The highest BCUT2D eigenvalue weighted by molar-refractivity contribution is 6.41. The summed E-state index contributed by atoms with van der Waals surface area (Å²) in [5.41, 5.74) is 3.24. The monoisotopic (exact) mass is 514 g/mol. The molecule has 0 saturated heterocycles. The zero-order valence-electron chi connectivity index (χ0n) is 19.5. The molecule has 0 fully saturated rings. The van der Waals surface area contributed by atoms with Crippen LogP contribution in [0.2, 0.25) is 10.0 Å². The molecule has 0 aliphatic heterocycles. The summed E-state index contributed by atoms with van der Waals surface area (Å²) in [6, 6.07) is 3.46. The van der Waals surface area contributed by atoms with Gasteiger partial charge in [-0.1, -0.05) is 29.3 Å². The number of rotatable bonds is 10. The van der Waals surface area contributed by atoms with Crippen molar-refractivity contribution >= 4 is 39.8 Å². The van der Waals surface area contributed by atoms with Crippen LogP contribution in [0.1, 0.15) is 0 Å². The van der Waals surface area contributed by atoms with Gasteiger partial charge in [0.25, 0.3) is 0 Å². The molecule has 1 aromatic carbocycles. The number of benzene rings is 1. The van der Waals surface area contributed by atoms with Crippen LogP contribution in [0.25, 0.3) is 33.7 Å². The number of fused-ring (bicyclic) bond motifs is 1. The van der Waals surface area contributed by atoms with E-state index in [-0.39, 0.29) is 0 Å². The maximum atomic E-state index is 6.57. The second kappa shape index (κ2) is 10.9. The fraction of sp³-hybridized carbons (Fsp3) is 0.250. The highest BCUT2D eigenvalue weighted by Crippen LogP contribution is 2.45. The number of nitrogens with one attached hydrogen (secondary N) is 1. The Balaban J connectivity index is 1.80. The number of methoxy groups -OCH3 is 3. The highest BCUT2D eigenvalue weighted by Gasteiger charge is 2.21. The summed E-state index contributed by atoms with van der Waals surface area (Å²) in [6.45, 7) is 5.39. The van der Waals surface area contributed by atoms with Gasteiger partial charge in [-0.05, 0) is 6.07 Å². The topological polar surface area (TPSA) is 96.2 Å². The van der Waals surface area contributed by atoms with E-state index < -0.39 is 0 Å². The van der Waals surface area contributed by atoms with Gasteiger partial charge in [0, 0.05) is 36.9 Å². The number of halogens is 2. The van der Waals surface area contributed by atoms with E-state index in [0.717, 1.165) is 16.8 Å². The molecule has 3 heterocycles. The maximum Gasteiger partial charge on any atom is 0.180 e. The third kappa shape index (κ3) is 4.88. The average molecular weight is 515 g/mol. The predicted octanol–water partition coefficient (Wildman–Crippen LogP) is 5.12. The molecule has 0 amide bonds. The van der Waals surface area contributed by atoms with E-state index in [2.05, 4.69) is 27.0 Å². The number of hydrogen-bond acceptors (Lipinski definition) is 8. The molecule has 0 saturated carbocycles. The molecule has 9 nitrogen and oxygen atoms in total. The van der Waals surface area contributed by atoms with E-state index >= 15 is 0 Å². The molecule has 11 heteroatoms. The Kier molecular flexibility index (Phi) is 7.70. The van der Waals surface area contributed by atoms with Crippen LogP contribution in [0.5, 0.6) is 11.5 Å². The Bertz CT molecular complexity index is 1350. The van der Waals surface area contributed by atoms with Gasteiger partial charge >= 0.3 is 0 Å². The minimum atomic E-state index is 0.336. The first-order chi connectivity index (χ1) is 17.0. The van der Waals surface area contributed by atoms with E-state index in [4.69, 9.17) is 42.4 Å². The second-order valence-electron chi connectivity index (χ2n) is 7.40. The van der Waals surface area contributed by atoms with E-state index in [0.29, 0.717) is 63.8 Å². The van der Waals surface area contributed by atoms with Gasteiger partial charge in [0.2, 0.25) is 0 Å². The molecule has 0 spiro atoms. The van der Waals surface area contributed by atoms with Crippen molar-refractivity contribution in [1.29, 1.82) is 0 Å². The number of nitrogens with zero attached hydrogens (tertiary/aromatic N) is 5. The molecule has 4 aromatic rings. The summed E-state index contributed by atoms with van der Waals surface area (Å²) in [7, 11) is 4.69. The first kappa shape index (κ1) is 24.7. The van der Waals surface area contributed by atoms with Crippen molar-refractivity contribution in [1.82, 2.24) is 24.7 Å². The summed E-state index contributed by atoms with van der Waals surface area (Å²) >= 11 is 13.1. The summed E-state index contributed by atoms with van der Waals surface area (Å²) < 4.78 is 17.8. The van der Waals surface area contributed by atoms with Gasteiger partial charge in [-0.25, -0.2) is 9.97 Å². The Morgan fingerprint density at radius 3 is 2.43 bits per heavy atom. The van der Waals surface area contributed by atoms with Gasteiger partial charge < -0.3 is 19.5 Å². The van der Waals surface area contributed by atoms with Crippen molar-refractivity contribution in [3.05, 3.63) is 53.4 Å². The first-order valence-electron chi connectivity index (χ1n) is 10.6. The summed E-state index contributed by atoms with van der Waals surface area (Å²) in [5.74, 6) is 1.37. The van der Waals surface area contributed by atoms with Crippen LogP contribution in [0, 0.1) is 0 Å². The van der Waals surface area contributed by atoms with Crippen LogP contribution in [-0.4, -0.2) is 59.2 Å². The molecule has 0 aliphatic rings. The predicted molar refractivity (Wildman–Crippen MR) is 138 cm³/mol. The Morgan fingerprint density at radius 2 is 1.77 bits per heavy atom. The van der Waals surface area contributed by atoms with Gasteiger partial charge in [-0.15, -0.1) is 6.58 Å². The zero-order chi connectivity index (χ0) is 24.9. The van der Waals surface area contributed by atoms with Crippen LogP contribution in [0.4, 0.5) is 5.69 Å². The lowest BCUT2D eigenvalue weighted by Gasteiger charge is -2.14. The van der Waals surface area contributed by atoms with Gasteiger partial charge in [-0.3, -0.25) is 9.67 Å². The number of ether oxygens (including phenoxy) is 3. The fourth-order valence-electron chi connectivity index (χ4n) is 3.58. The Hall–Kier alpha value is -3.40. The third-order valence-corrected chi connectivity index (χ3v) is 6.04. The van der Waals surface area contributed by atoms with E-state index in [1.54, 1.807) is 42.5 Å². The van der Waals surface area contributed by atoms with E-state index in [1.807, 2.05) is 6.07 Å². The molecule has 0 bridgehead atoms. The summed E-state index contributed by atoms with van der Waals surface area (Å²) in [5, 5.41) is 9.17. The third-order valence-electron chi connectivity index (χ3n) is 5.29. The van der Waals surface area contributed by atoms with Crippen LogP contribution in [0.3, 0.4) is 0 Å².